The number of para-hydroxylation sites is 1. The smallest absolute Gasteiger partial charge is 0.294 e. The molecule has 1 aliphatic rings. The number of ketones is 1. The summed E-state index contributed by atoms with van der Waals surface area (Å²) in [7, 11) is 1.52. The largest absolute Gasteiger partial charge is 0.503 e. The Hall–Kier alpha value is -3.55. The summed E-state index contributed by atoms with van der Waals surface area (Å²) in [6.07, 6.45) is 0. The number of aliphatic hydroxyl groups excluding tert-OH is 1. The number of aryl methyl sites for hydroxylation is 1. The number of ether oxygens (including phenoxy) is 1. The Morgan fingerprint density at radius 2 is 1.97 bits per heavy atom. The fourth-order valence-corrected chi connectivity index (χ4v) is 5.29. The van der Waals surface area contributed by atoms with E-state index >= 15 is 0 Å². The minimum Gasteiger partial charge on any atom is -0.503 e. The molecule has 1 N–H and O–H groups in total. The second kappa shape index (κ2) is 8.10. The lowest BCUT2D eigenvalue weighted by Gasteiger charge is -2.26. The van der Waals surface area contributed by atoms with Crippen molar-refractivity contribution in [3.05, 3.63) is 92.5 Å². The highest BCUT2D eigenvalue weighted by Crippen LogP contribution is 2.45. The lowest BCUT2D eigenvalue weighted by atomic mass is 9.98. The molecule has 0 radical (unpaired) electrons. The summed E-state index contributed by atoms with van der Waals surface area (Å²) in [5.41, 5.74) is 1.76. The third-order valence-electron chi connectivity index (χ3n) is 5.64. The number of thiophene rings is 1. The highest BCUT2D eigenvalue weighted by molar-refractivity contribution is 7.10. The number of hydrogen-bond donors (Lipinski definition) is 1. The quantitative estimate of drug-likeness (QED) is 0.342. The summed E-state index contributed by atoms with van der Waals surface area (Å²) in [5.74, 6) is -1.35. The summed E-state index contributed by atoms with van der Waals surface area (Å²) in [4.78, 5) is 29.1. The summed E-state index contributed by atoms with van der Waals surface area (Å²) >= 11 is 7.58. The van der Waals surface area contributed by atoms with Crippen molar-refractivity contribution in [3.63, 3.8) is 0 Å². The van der Waals surface area contributed by atoms with Gasteiger partial charge in [0, 0.05) is 21.0 Å². The molecule has 1 atom stereocenters. The van der Waals surface area contributed by atoms with Gasteiger partial charge >= 0.3 is 0 Å². The van der Waals surface area contributed by atoms with Crippen molar-refractivity contribution in [1.82, 2.24) is 0 Å². The molecule has 2 aromatic heterocycles. The molecular weight excluding hydrogens is 462 g/mol. The monoisotopic (exact) mass is 479 g/mol. The molecule has 8 heteroatoms. The van der Waals surface area contributed by atoms with E-state index in [2.05, 4.69) is 0 Å². The molecule has 0 fully saturated rings. The van der Waals surface area contributed by atoms with Gasteiger partial charge in [-0.3, -0.25) is 14.5 Å². The number of rotatable bonds is 5. The standard InChI is InChI=1S/C25H18ClNO5S/c1-13-9-10-33-24(13)20-19(22(29)25(30)27(20)16-7-4-6-15(26)12-16)21(28)18-11-14-5-3-8-17(31-2)23(14)32-18/h3-12,20,29H,1-2H3. The van der Waals surface area contributed by atoms with Crippen molar-refractivity contribution in [2.24, 2.45) is 0 Å². The minimum atomic E-state index is -0.821. The van der Waals surface area contributed by atoms with E-state index in [0.717, 1.165) is 10.4 Å². The summed E-state index contributed by atoms with van der Waals surface area (Å²) in [6, 6.07) is 14.7. The zero-order valence-corrected chi connectivity index (χ0v) is 19.2. The van der Waals surface area contributed by atoms with Gasteiger partial charge in [-0.05, 0) is 54.3 Å². The second-order valence-electron chi connectivity index (χ2n) is 7.61. The predicted molar refractivity (Wildman–Crippen MR) is 127 cm³/mol. The Kier molecular flexibility index (Phi) is 5.23. The van der Waals surface area contributed by atoms with Crippen LogP contribution < -0.4 is 9.64 Å². The number of methoxy groups -OCH3 is 1. The van der Waals surface area contributed by atoms with E-state index in [9.17, 15) is 14.7 Å². The first-order valence-corrected chi connectivity index (χ1v) is 11.3. The number of furan rings is 1. The number of amides is 1. The third-order valence-corrected chi connectivity index (χ3v) is 6.95. The van der Waals surface area contributed by atoms with Crippen LogP contribution in [0.2, 0.25) is 5.02 Å². The van der Waals surface area contributed by atoms with Crippen LogP contribution >= 0.6 is 22.9 Å². The van der Waals surface area contributed by atoms with Crippen LogP contribution in [0.1, 0.15) is 27.0 Å². The SMILES string of the molecule is COc1cccc2cc(C(=O)C3=C(O)C(=O)N(c4cccc(Cl)c4)C3c3sccc3C)oc12. The number of anilines is 1. The molecule has 0 spiro atoms. The van der Waals surface area contributed by atoms with E-state index in [0.29, 0.717) is 27.4 Å². The second-order valence-corrected chi connectivity index (χ2v) is 8.99. The Balaban J connectivity index is 1.67. The molecule has 2 aromatic carbocycles. The molecule has 33 heavy (non-hydrogen) atoms. The van der Waals surface area contributed by atoms with Gasteiger partial charge in [0.2, 0.25) is 5.78 Å². The van der Waals surface area contributed by atoms with E-state index in [1.165, 1.54) is 23.3 Å². The zero-order valence-electron chi connectivity index (χ0n) is 17.7. The first-order chi connectivity index (χ1) is 15.9. The Labute approximate surface area is 198 Å². The maximum atomic E-state index is 13.7. The first-order valence-electron chi connectivity index (χ1n) is 10.1. The predicted octanol–water partition coefficient (Wildman–Crippen LogP) is 6.25. The van der Waals surface area contributed by atoms with Gasteiger partial charge in [-0.1, -0.05) is 29.8 Å². The van der Waals surface area contributed by atoms with Crippen LogP contribution in [-0.4, -0.2) is 23.9 Å². The van der Waals surface area contributed by atoms with Gasteiger partial charge in [0.25, 0.3) is 5.91 Å². The van der Waals surface area contributed by atoms with Gasteiger partial charge in [-0.2, -0.15) is 0 Å². The number of fused-ring (bicyclic) bond motifs is 1. The number of nitrogens with zero attached hydrogens (tertiary/aromatic N) is 1. The Morgan fingerprint density at radius 1 is 1.18 bits per heavy atom. The topological polar surface area (TPSA) is 80.0 Å². The van der Waals surface area contributed by atoms with Crippen molar-refractivity contribution in [2.75, 3.05) is 12.0 Å². The van der Waals surface area contributed by atoms with Gasteiger partial charge in [-0.15, -0.1) is 11.3 Å². The first kappa shape index (κ1) is 21.3. The fraction of sp³-hybridized carbons (Fsp3) is 0.120. The number of hydrogen-bond acceptors (Lipinski definition) is 6. The molecule has 1 amide bonds. The van der Waals surface area contributed by atoms with Gasteiger partial charge < -0.3 is 14.3 Å². The summed E-state index contributed by atoms with van der Waals surface area (Å²) < 4.78 is 11.2. The molecule has 0 saturated heterocycles. The molecule has 4 aromatic rings. The van der Waals surface area contributed by atoms with Crippen LogP contribution in [-0.2, 0) is 4.79 Å². The molecular formula is C25H18ClNO5S. The van der Waals surface area contributed by atoms with Gasteiger partial charge in [0.05, 0.1) is 12.7 Å². The van der Waals surface area contributed by atoms with E-state index in [-0.39, 0.29) is 11.3 Å². The number of aliphatic hydroxyl groups is 1. The van der Waals surface area contributed by atoms with Crippen molar-refractivity contribution < 1.29 is 23.8 Å². The lowest BCUT2D eigenvalue weighted by Crippen LogP contribution is -2.30. The Bertz CT molecular complexity index is 1450. The number of carbonyl (C=O) groups excluding carboxylic acids is 2. The normalized spacial score (nSPS) is 16.2. The number of halogens is 1. The molecule has 0 bridgehead atoms. The van der Waals surface area contributed by atoms with E-state index in [4.69, 9.17) is 20.8 Å². The van der Waals surface area contributed by atoms with Crippen molar-refractivity contribution in [2.45, 2.75) is 13.0 Å². The van der Waals surface area contributed by atoms with Crippen molar-refractivity contribution in [1.29, 1.82) is 0 Å². The minimum absolute atomic E-state index is 0.0102. The highest BCUT2D eigenvalue weighted by atomic mass is 35.5. The summed E-state index contributed by atoms with van der Waals surface area (Å²) in [5, 5.41) is 13.9. The van der Waals surface area contributed by atoms with Crippen LogP contribution in [0.5, 0.6) is 5.75 Å². The molecule has 3 heterocycles. The van der Waals surface area contributed by atoms with Crippen LogP contribution in [0.4, 0.5) is 5.69 Å². The summed E-state index contributed by atoms with van der Waals surface area (Å²) in [6.45, 7) is 1.90. The average Bonchev–Trinajstić information content (AvgIpc) is 3.49. The number of Topliss-reactive ketones (excluding diaryl/α,β-unsaturated/α-hetero) is 1. The van der Waals surface area contributed by atoms with Crippen molar-refractivity contribution in [3.8, 4) is 5.75 Å². The lowest BCUT2D eigenvalue weighted by molar-refractivity contribution is -0.117. The van der Waals surface area contributed by atoms with Crippen LogP contribution in [0.25, 0.3) is 11.0 Å². The van der Waals surface area contributed by atoms with Crippen LogP contribution in [0.15, 0.2) is 75.7 Å². The maximum absolute atomic E-state index is 13.7. The highest BCUT2D eigenvalue weighted by Gasteiger charge is 2.46. The molecule has 6 nitrogen and oxygen atoms in total. The van der Waals surface area contributed by atoms with Gasteiger partial charge in [0.15, 0.2) is 22.9 Å². The number of benzene rings is 2. The molecule has 5 rings (SSSR count). The van der Waals surface area contributed by atoms with Gasteiger partial charge in [-0.25, -0.2) is 0 Å². The number of carbonyl (C=O) groups is 2. The fourth-order valence-electron chi connectivity index (χ4n) is 4.08. The molecule has 166 valence electrons. The van der Waals surface area contributed by atoms with E-state index in [1.807, 2.05) is 18.4 Å². The zero-order chi connectivity index (χ0) is 23.3. The molecule has 1 aliphatic heterocycles. The van der Waals surface area contributed by atoms with Crippen LogP contribution in [0.3, 0.4) is 0 Å². The Morgan fingerprint density at radius 3 is 2.67 bits per heavy atom. The van der Waals surface area contributed by atoms with Crippen LogP contribution in [0, 0.1) is 6.92 Å². The maximum Gasteiger partial charge on any atom is 0.294 e. The molecule has 0 saturated carbocycles. The average molecular weight is 480 g/mol. The van der Waals surface area contributed by atoms with Crippen molar-refractivity contribution >= 4 is 51.3 Å². The molecule has 0 aliphatic carbocycles. The third kappa shape index (κ3) is 3.41. The van der Waals surface area contributed by atoms with E-state index in [1.54, 1.807) is 48.5 Å². The van der Waals surface area contributed by atoms with E-state index < -0.39 is 23.5 Å². The van der Waals surface area contributed by atoms with Gasteiger partial charge in [0.1, 0.15) is 6.04 Å². The molecule has 1 unspecified atom stereocenters.